The number of carbonyl (C=O) groups is 1. The number of anilines is 1. The topological polar surface area (TPSA) is 54.5 Å². The Morgan fingerprint density at radius 3 is 2.92 bits per heavy atom. The van der Waals surface area contributed by atoms with Crippen LogP contribution in [-0.4, -0.2) is 37.2 Å². The smallest absolute Gasteiger partial charge is 0.220 e. The lowest BCUT2D eigenvalue weighted by molar-refractivity contribution is -0.122. The summed E-state index contributed by atoms with van der Waals surface area (Å²) in [6, 6.07) is 4.01. The molecule has 1 aromatic heterocycles. The fourth-order valence-corrected chi connectivity index (χ4v) is 4.76. The molecule has 1 amide bonds. The number of aromatic nitrogens is 1. The van der Waals surface area contributed by atoms with Crippen molar-refractivity contribution in [1.82, 2.24) is 10.3 Å². The molecule has 1 aliphatic heterocycles. The highest BCUT2D eigenvalue weighted by Crippen LogP contribution is 2.49. The maximum atomic E-state index is 12.4. The second kappa shape index (κ2) is 7.09. The molecule has 1 N–H and O–H groups in total. The van der Waals surface area contributed by atoms with E-state index < -0.39 is 0 Å². The molecule has 0 radical (unpaired) electrons. The zero-order valence-electron chi connectivity index (χ0n) is 14.2. The lowest BCUT2D eigenvalue weighted by Gasteiger charge is -2.29. The van der Waals surface area contributed by atoms with Gasteiger partial charge in [0.25, 0.3) is 0 Å². The average Bonchev–Trinajstić information content (AvgIpc) is 3.24. The Morgan fingerprint density at radius 2 is 2.17 bits per heavy atom. The number of ether oxygens (including phenoxy) is 1. The van der Waals surface area contributed by atoms with Gasteiger partial charge in [-0.2, -0.15) is 0 Å². The van der Waals surface area contributed by atoms with E-state index in [9.17, 15) is 4.79 Å². The van der Waals surface area contributed by atoms with Crippen molar-refractivity contribution in [2.45, 2.75) is 38.6 Å². The maximum absolute atomic E-state index is 12.4. The van der Waals surface area contributed by atoms with Crippen LogP contribution in [0.5, 0.6) is 0 Å². The summed E-state index contributed by atoms with van der Waals surface area (Å²) in [7, 11) is 0. The van der Waals surface area contributed by atoms with Crippen molar-refractivity contribution >= 4 is 11.7 Å². The standard InChI is InChI=1S/C19H27N3O2/c23-18(12-17-11-14-3-4-15(17)10-14)21-13-16-2-1-5-20-19(16)22-6-8-24-9-7-22/h1-2,5,14-15,17H,3-4,6-13H2,(H,21,23)/t14-,15-,17+/m0/s1. The Labute approximate surface area is 143 Å². The molecule has 2 aliphatic carbocycles. The molecule has 3 aliphatic rings. The van der Waals surface area contributed by atoms with Crippen LogP contribution < -0.4 is 10.2 Å². The highest BCUT2D eigenvalue weighted by atomic mass is 16.5. The Kier molecular flexibility index (Phi) is 4.69. The maximum Gasteiger partial charge on any atom is 0.220 e. The fourth-order valence-electron chi connectivity index (χ4n) is 4.76. The normalized spacial score (nSPS) is 29.0. The summed E-state index contributed by atoms with van der Waals surface area (Å²) in [5.74, 6) is 3.52. The molecule has 2 saturated carbocycles. The molecule has 3 fully saturated rings. The minimum Gasteiger partial charge on any atom is -0.378 e. The predicted molar refractivity (Wildman–Crippen MR) is 92.7 cm³/mol. The number of pyridine rings is 1. The lowest BCUT2D eigenvalue weighted by atomic mass is 9.86. The van der Waals surface area contributed by atoms with E-state index in [4.69, 9.17) is 4.74 Å². The van der Waals surface area contributed by atoms with Gasteiger partial charge in [0.1, 0.15) is 5.82 Å². The quantitative estimate of drug-likeness (QED) is 0.901. The van der Waals surface area contributed by atoms with Crippen LogP contribution in [0.4, 0.5) is 5.82 Å². The second-order valence-corrected chi connectivity index (χ2v) is 7.50. The van der Waals surface area contributed by atoms with Crippen LogP contribution in [0, 0.1) is 17.8 Å². The summed E-state index contributed by atoms with van der Waals surface area (Å²) in [6.45, 7) is 3.78. The predicted octanol–water partition coefficient (Wildman–Crippen LogP) is 2.36. The van der Waals surface area contributed by atoms with Gasteiger partial charge in [-0.15, -0.1) is 0 Å². The van der Waals surface area contributed by atoms with Gasteiger partial charge in [0.05, 0.1) is 13.2 Å². The summed E-state index contributed by atoms with van der Waals surface area (Å²) in [5.41, 5.74) is 1.10. The minimum atomic E-state index is 0.198. The van der Waals surface area contributed by atoms with Gasteiger partial charge in [-0.3, -0.25) is 4.79 Å². The fraction of sp³-hybridized carbons (Fsp3) is 0.684. The zero-order valence-corrected chi connectivity index (χ0v) is 14.2. The summed E-state index contributed by atoms with van der Waals surface area (Å²) in [5, 5.41) is 3.13. The molecular formula is C19H27N3O2. The molecule has 24 heavy (non-hydrogen) atoms. The van der Waals surface area contributed by atoms with E-state index in [-0.39, 0.29) is 5.91 Å². The largest absolute Gasteiger partial charge is 0.378 e. The number of nitrogens with zero attached hydrogens (tertiary/aromatic N) is 2. The Balaban J connectivity index is 1.33. The van der Waals surface area contributed by atoms with E-state index in [1.54, 1.807) is 0 Å². The van der Waals surface area contributed by atoms with Crippen LogP contribution >= 0.6 is 0 Å². The average molecular weight is 329 g/mol. The third-order valence-corrected chi connectivity index (χ3v) is 5.99. The van der Waals surface area contributed by atoms with Crippen molar-refractivity contribution in [3.8, 4) is 0 Å². The molecular weight excluding hydrogens is 302 g/mol. The minimum absolute atomic E-state index is 0.198. The Morgan fingerprint density at radius 1 is 1.29 bits per heavy atom. The number of morpholine rings is 1. The van der Waals surface area contributed by atoms with Gasteiger partial charge in [-0.05, 0) is 43.1 Å². The zero-order chi connectivity index (χ0) is 16.4. The molecule has 2 bridgehead atoms. The molecule has 4 rings (SSSR count). The molecule has 1 aromatic rings. The van der Waals surface area contributed by atoms with Crippen molar-refractivity contribution in [3.05, 3.63) is 23.9 Å². The summed E-state index contributed by atoms with van der Waals surface area (Å²) < 4.78 is 5.42. The van der Waals surface area contributed by atoms with E-state index in [0.717, 1.165) is 49.5 Å². The summed E-state index contributed by atoms with van der Waals surface area (Å²) in [4.78, 5) is 19.2. The van der Waals surface area contributed by atoms with Gasteiger partial charge in [0, 0.05) is 37.8 Å². The van der Waals surface area contributed by atoms with E-state index in [0.29, 0.717) is 18.9 Å². The summed E-state index contributed by atoms with van der Waals surface area (Å²) in [6.07, 6.45) is 7.89. The van der Waals surface area contributed by atoms with Crippen molar-refractivity contribution in [2.24, 2.45) is 17.8 Å². The van der Waals surface area contributed by atoms with Crippen LogP contribution in [0.2, 0.25) is 0 Å². The van der Waals surface area contributed by atoms with E-state index in [1.807, 2.05) is 12.3 Å². The highest BCUT2D eigenvalue weighted by Gasteiger charge is 2.40. The van der Waals surface area contributed by atoms with Gasteiger partial charge in [-0.1, -0.05) is 12.5 Å². The Bertz CT molecular complexity index is 586. The second-order valence-electron chi connectivity index (χ2n) is 7.50. The van der Waals surface area contributed by atoms with Gasteiger partial charge >= 0.3 is 0 Å². The molecule has 5 heteroatoms. The Hall–Kier alpha value is -1.62. The first-order valence-corrected chi connectivity index (χ1v) is 9.33. The number of hydrogen-bond donors (Lipinski definition) is 1. The number of carbonyl (C=O) groups excluding carboxylic acids is 1. The molecule has 2 heterocycles. The van der Waals surface area contributed by atoms with Crippen molar-refractivity contribution in [3.63, 3.8) is 0 Å². The van der Waals surface area contributed by atoms with Crippen LogP contribution in [0.25, 0.3) is 0 Å². The van der Waals surface area contributed by atoms with Gasteiger partial charge in [-0.25, -0.2) is 4.98 Å². The molecule has 130 valence electrons. The monoisotopic (exact) mass is 329 g/mol. The van der Waals surface area contributed by atoms with Crippen LogP contribution in [0.1, 0.15) is 37.7 Å². The third kappa shape index (κ3) is 3.41. The number of amides is 1. The van der Waals surface area contributed by atoms with Crippen LogP contribution in [0.15, 0.2) is 18.3 Å². The van der Waals surface area contributed by atoms with E-state index in [1.165, 1.54) is 25.7 Å². The van der Waals surface area contributed by atoms with E-state index >= 15 is 0 Å². The molecule has 1 saturated heterocycles. The van der Waals surface area contributed by atoms with E-state index in [2.05, 4.69) is 21.3 Å². The number of rotatable bonds is 5. The first-order chi connectivity index (χ1) is 11.8. The highest BCUT2D eigenvalue weighted by molar-refractivity contribution is 5.76. The van der Waals surface area contributed by atoms with Crippen molar-refractivity contribution < 1.29 is 9.53 Å². The first-order valence-electron chi connectivity index (χ1n) is 9.33. The number of hydrogen-bond acceptors (Lipinski definition) is 4. The first kappa shape index (κ1) is 15.9. The van der Waals surface area contributed by atoms with Crippen molar-refractivity contribution in [1.29, 1.82) is 0 Å². The van der Waals surface area contributed by atoms with Crippen molar-refractivity contribution in [2.75, 3.05) is 31.2 Å². The van der Waals surface area contributed by atoms with Crippen LogP contribution in [0.3, 0.4) is 0 Å². The third-order valence-electron chi connectivity index (χ3n) is 5.99. The SMILES string of the molecule is O=C(C[C@H]1C[C@H]2CC[C@H]1C2)NCc1cccnc1N1CCOCC1. The summed E-state index contributed by atoms with van der Waals surface area (Å²) >= 11 is 0. The molecule has 0 unspecified atom stereocenters. The number of fused-ring (bicyclic) bond motifs is 2. The van der Waals surface area contributed by atoms with Crippen LogP contribution in [-0.2, 0) is 16.1 Å². The number of nitrogens with one attached hydrogen (secondary N) is 1. The van der Waals surface area contributed by atoms with Gasteiger partial charge in [0.15, 0.2) is 0 Å². The van der Waals surface area contributed by atoms with Gasteiger partial charge < -0.3 is 15.0 Å². The van der Waals surface area contributed by atoms with Gasteiger partial charge in [0.2, 0.25) is 5.91 Å². The molecule has 5 nitrogen and oxygen atoms in total. The molecule has 0 aromatic carbocycles. The molecule has 0 spiro atoms. The lowest BCUT2D eigenvalue weighted by Crippen LogP contribution is -2.38. The molecule has 3 atom stereocenters.